The minimum Gasteiger partial charge on any atom is -0.497 e. The molecule has 0 aliphatic carbocycles. The van der Waals surface area contributed by atoms with Crippen LogP contribution < -0.4 is 14.8 Å². The molecule has 1 atom stereocenters. The lowest BCUT2D eigenvalue weighted by molar-refractivity contribution is -0.121. The Morgan fingerprint density at radius 2 is 1.79 bits per heavy atom. The molecular weight excluding hydrogens is 302 g/mol. The Morgan fingerprint density at radius 1 is 1.08 bits per heavy atom. The van der Waals surface area contributed by atoms with Crippen molar-refractivity contribution in [3.8, 4) is 11.5 Å². The first-order valence-electron chi connectivity index (χ1n) is 8.14. The summed E-state index contributed by atoms with van der Waals surface area (Å²) in [6.07, 6.45) is 1.19. The number of methoxy groups -OCH3 is 2. The average Bonchev–Trinajstić information content (AvgIpc) is 2.60. The van der Waals surface area contributed by atoms with Gasteiger partial charge in [-0.3, -0.25) is 4.79 Å². The van der Waals surface area contributed by atoms with Crippen molar-refractivity contribution in [2.75, 3.05) is 14.2 Å². The lowest BCUT2D eigenvalue weighted by Gasteiger charge is -2.18. The first-order chi connectivity index (χ1) is 11.6. The minimum absolute atomic E-state index is 0.00255. The fourth-order valence-corrected chi connectivity index (χ4v) is 2.74. The number of nitrogens with one attached hydrogen (secondary N) is 1. The van der Waals surface area contributed by atoms with Gasteiger partial charge >= 0.3 is 0 Å². The van der Waals surface area contributed by atoms with Gasteiger partial charge in [0.1, 0.15) is 11.5 Å². The highest BCUT2D eigenvalue weighted by atomic mass is 16.5. The predicted molar refractivity (Wildman–Crippen MR) is 95.6 cm³/mol. The smallest absolute Gasteiger partial charge is 0.224 e. The third-order valence-electron chi connectivity index (χ3n) is 4.09. The topological polar surface area (TPSA) is 47.6 Å². The van der Waals surface area contributed by atoms with Gasteiger partial charge in [-0.15, -0.1) is 0 Å². The normalized spacial score (nSPS) is 11.7. The maximum absolute atomic E-state index is 12.4. The average molecular weight is 327 g/mol. The molecule has 4 heteroatoms. The quantitative estimate of drug-likeness (QED) is 0.841. The molecule has 2 aromatic rings. The molecule has 0 radical (unpaired) electrons. The van der Waals surface area contributed by atoms with Gasteiger partial charge in [0, 0.05) is 0 Å². The summed E-state index contributed by atoms with van der Waals surface area (Å²) in [5.41, 5.74) is 3.10. The van der Waals surface area contributed by atoms with Crippen molar-refractivity contribution in [3.05, 3.63) is 59.2 Å². The SMILES string of the molecule is CC[C@H](NC(=O)Cc1ccc(OC)c(C)c1)c1ccc(OC)cc1. The van der Waals surface area contributed by atoms with Crippen LogP contribution >= 0.6 is 0 Å². The van der Waals surface area contributed by atoms with E-state index in [-0.39, 0.29) is 11.9 Å². The van der Waals surface area contributed by atoms with Gasteiger partial charge in [0.2, 0.25) is 5.91 Å². The molecule has 0 bridgehead atoms. The van der Waals surface area contributed by atoms with Crippen LogP contribution in [-0.2, 0) is 11.2 Å². The molecule has 0 aliphatic rings. The second-order valence-electron chi connectivity index (χ2n) is 5.78. The molecule has 0 aliphatic heterocycles. The molecule has 24 heavy (non-hydrogen) atoms. The Kier molecular flexibility index (Phi) is 6.24. The van der Waals surface area contributed by atoms with E-state index >= 15 is 0 Å². The maximum Gasteiger partial charge on any atom is 0.224 e. The summed E-state index contributed by atoms with van der Waals surface area (Å²) in [7, 11) is 3.29. The lowest BCUT2D eigenvalue weighted by Crippen LogP contribution is -2.29. The van der Waals surface area contributed by atoms with E-state index in [1.54, 1.807) is 14.2 Å². The number of hydrogen-bond donors (Lipinski definition) is 1. The van der Waals surface area contributed by atoms with Gasteiger partial charge in [-0.25, -0.2) is 0 Å². The number of aryl methyl sites for hydroxylation is 1. The van der Waals surface area contributed by atoms with E-state index in [0.717, 1.165) is 34.6 Å². The largest absolute Gasteiger partial charge is 0.497 e. The van der Waals surface area contributed by atoms with E-state index in [9.17, 15) is 4.79 Å². The summed E-state index contributed by atoms with van der Waals surface area (Å²) < 4.78 is 10.4. The van der Waals surface area contributed by atoms with Crippen LogP contribution in [0.1, 0.15) is 36.1 Å². The van der Waals surface area contributed by atoms with Crippen LogP contribution in [0.2, 0.25) is 0 Å². The molecule has 0 spiro atoms. The van der Waals surface area contributed by atoms with Gasteiger partial charge < -0.3 is 14.8 Å². The van der Waals surface area contributed by atoms with Gasteiger partial charge in [0.15, 0.2) is 0 Å². The van der Waals surface area contributed by atoms with Gasteiger partial charge in [0.25, 0.3) is 0 Å². The summed E-state index contributed by atoms with van der Waals surface area (Å²) in [5.74, 6) is 1.67. The van der Waals surface area contributed by atoms with Crippen LogP contribution in [-0.4, -0.2) is 20.1 Å². The van der Waals surface area contributed by atoms with E-state index in [1.807, 2.05) is 49.4 Å². The third kappa shape index (κ3) is 4.51. The number of benzene rings is 2. The summed E-state index contributed by atoms with van der Waals surface area (Å²) in [4.78, 5) is 12.4. The highest BCUT2D eigenvalue weighted by molar-refractivity contribution is 5.79. The molecule has 0 fully saturated rings. The Morgan fingerprint density at radius 3 is 2.33 bits per heavy atom. The van der Waals surface area contributed by atoms with Crippen LogP contribution in [0.5, 0.6) is 11.5 Å². The monoisotopic (exact) mass is 327 g/mol. The number of amides is 1. The predicted octanol–water partition coefficient (Wildman–Crippen LogP) is 3.82. The zero-order valence-corrected chi connectivity index (χ0v) is 14.8. The zero-order valence-electron chi connectivity index (χ0n) is 14.8. The molecule has 0 saturated heterocycles. The number of hydrogen-bond acceptors (Lipinski definition) is 3. The van der Waals surface area contributed by atoms with Crippen LogP contribution in [0.15, 0.2) is 42.5 Å². The Balaban J connectivity index is 2.02. The van der Waals surface area contributed by atoms with E-state index in [4.69, 9.17) is 9.47 Å². The fraction of sp³-hybridized carbons (Fsp3) is 0.350. The van der Waals surface area contributed by atoms with E-state index in [0.29, 0.717) is 6.42 Å². The Bertz CT molecular complexity index is 680. The molecule has 1 N–H and O–H groups in total. The Hall–Kier alpha value is -2.49. The van der Waals surface area contributed by atoms with Crippen LogP contribution in [0.3, 0.4) is 0 Å². The molecule has 1 amide bonds. The van der Waals surface area contributed by atoms with E-state index < -0.39 is 0 Å². The highest BCUT2D eigenvalue weighted by Crippen LogP contribution is 2.21. The molecule has 0 aromatic heterocycles. The van der Waals surface area contributed by atoms with Gasteiger partial charge in [-0.2, -0.15) is 0 Å². The molecule has 2 rings (SSSR count). The maximum atomic E-state index is 12.4. The van der Waals surface area contributed by atoms with Crippen molar-refractivity contribution >= 4 is 5.91 Å². The number of carbonyl (C=O) groups is 1. The zero-order chi connectivity index (χ0) is 17.5. The minimum atomic E-state index is 0.00255. The molecular formula is C20H25NO3. The van der Waals surface area contributed by atoms with Crippen molar-refractivity contribution < 1.29 is 14.3 Å². The molecule has 128 valence electrons. The van der Waals surface area contributed by atoms with Crippen LogP contribution in [0.25, 0.3) is 0 Å². The highest BCUT2D eigenvalue weighted by Gasteiger charge is 2.13. The third-order valence-corrected chi connectivity index (χ3v) is 4.09. The molecule has 2 aromatic carbocycles. The standard InChI is InChI=1S/C20H25NO3/c1-5-18(16-7-9-17(23-3)10-8-16)21-20(22)13-15-6-11-19(24-4)14(2)12-15/h6-12,18H,5,13H2,1-4H3,(H,21,22)/t18-/m0/s1. The van der Waals surface area contributed by atoms with E-state index in [2.05, 4.69) is 12.2 Å². The van der Waals surface area contributed by atoms with Crippen LogP contribution in [0.4, 0.5) is 0 Å². The molecule has 0 heterocycles. The summed E-state index contributed by atoms with van der Waals surface area (Å²) >= 11 is 0. The summed E-state index contributed by atoms with van der Waals surface area (Å²) in [6.45, 7) is 4.04. The second-order valence-corrected chi connectivity index (χ2v) is 5.78. The number of carbonyl (C=O) groups excluding carboxylic acids is 1. The lowest BCUT2D eigenvalue weighted by atomic mass is 10.0. The molecule has 4 nitrogen and oxygen atoms in total. The first-order valence-corrected chi connectivity index (χ1v) is 8.14. The van der Waals surface area contributed by atoms with Crippen molar-refractivity contribution in [3.63, 3.8) is 0 Å². The summed E-state index contributed by atoms with van der Waals surface area (Å²) in [5, 5.41) is 3.11. The Labute approximate surface area is 143 Å². The first kappa shape index (κ1) is 17.9. The van der Waals surface area contributed by atoms with Crippen molar-refractivity contribution in [1.82, 2.24) is 5.32 Å². The number of ether oxygens (including phenoxy) is 2. The van der Waals surface area contributed by atoms with E-state index in [1.165, 1.54) is 0 Å². The molecule has 0 unspecified atom stereocenters. The van der Waals surface area contributed by atoms with Gasteiger partial charge in [0.05, 0.1) is 26.7 Å². The van der Waals surface area contributed by atoms with Crippen molar-refractivity contribution in [1.29, 1.82) is 0 Å². The van der Waals surface area contributed by atoms with Crippen molar-refractivity contribution in [2.45, 2.75) is 32.7 Å². The summed E-state index contributed by atoms with van der Waals surface area (Å²) in [6, 6.07) is 13.6. The van der Waals surface area contributed by atoms with Gasteiger partial charge in [-0.05, 0) is 48.2 Å². The molecule has 0 saturated carbocycles. The van der Waals surface area contributed by atoms with Crippen LogP contribution in [0, 0.1) is 6.92 Å². The number of rotatable bonds is 7. The fourth-order valence-electron chi connectivity index (χ4n) is 2.74. The van der Waals surface area contributed by atoms with Gasteiger partial charge in [-0.1, -0.05) is 31.2 Å². The second kappa shape index (κ2) is 8.39. The van der Waals surface area contributed by atoms with Crippen molar-refractivity contribution in [2.24, 2.45) is 0 Å².